The molecule has 0 aliphatic carbocycles. The van der Waals surface area contributed by atoms with Gasteiger partial charge in [-0.25, -0.2) is 13.4 Å². The zero-order valence-corrected chi connectivity index (χ0v) is 17.1. The Kier molecular flexibility index (Phi) is 6.23. The summed E-state index contributed by atoms with van der Waals surface area (Å²) in [5.41, 5.74) is 0.477. The fraction of sp³-hybridized carbons (Fsp3) is 0.444. The lowest BCUT2D eigenvalue weighted by molar-refractivity contribution is -0.115. The third-order valence-corrected chi connectivity index (χ3v) is 7.55. The number of imidazole rings is 1. The summed E-state index contributed by atoms with van der Waals surface area (Å²) in [7, 11) is -1.65. The Morgan fingerprint density at radius 2 is 2.00 bits per heavy atom. The number of hydrogen-bond acceptors (Lipinski definition) is 5. The molecule has 1 N–H and O–H groups in total. The number of sulfonamides is 1. The maximum atomic E-state index is 12.8. The van der Waals surface area contributed by atoms with Gasteiger partial charge in [0.2, 0.25) is 15.9 Å². The van der Waals surface area contributed by atoms with Crippen LogP contribution in [0, 0.1) is 0 Å². The van der Waals surface area contributed by atoms with E-state index < -0.39 is 10.0 Å². The fourth-order valence-corrected chi connectivity index (χ4v) is 5.30. The normalized spacial score (nSPS) is 16.8. The lowest BCUT2D eigenvalue weighted by Gasteiger charge is -2.26. The molecule has 0 spiro atoms. The van der Waals surface area contributed by atoms with Gasteiger partial charge in [0.05, 0.1) is 10.1 Å². The van der Waals surface area contributed by atoms with Gasteiger partial charge >= 0.3 is 0 Å². The Bertz CT molecular complexity index is 905. The minimum absolute atomic E-state index is 0.199. The van der Waals surface area contributed by atoms with Crippen LogP contribution < -0.4 is 5.32 Å². The highest BCUT2D eigenvalue weighted by molar-refractivity contribution is 8.00. The molecule has 0 unspecified atom stereocenters. The number of piperidine rings is 1. The summed E-state index contributed by atoms with van der Waals surface area (Å²) in [6.07, 6.45) is 6.34. The Morgan fingerprint density at radius 1 is 1.26 bits per heavy atom. The van der Waals surface area contributed by atoms with E-state index >= 15 is 0 Å². The van der Waals surface area contributed by atoms with Gasteiger partial charge in [0.1, 0.15) is 0 Å². The molecule has 2 aromatic rings. The predicted octanol–water partition coefficient (Wildman–Crippen LogP) is 2.71. The lowest BCUT2D eigenvalue weighted by atomic mass is 10.2. The third-order valence-electron chi connectivity index (χ3n) is 4.48. The molecule has 9 heteroatoms. The second-order valence-corrected chi connectivity index (χ2v) is 9.81. The minimum Gasteiger partial charge on any atom is -0.329 e. The number of nitrogens with one attached hydrogen (secondary N) is 1. The standard InChI is InChI=1S/C18H24N4O3S2/c1-14(26-18-19-9-12-21(18)2)17(23)20-15-7-6-8-16(13-15)27(24,25)22-10-4-3-5-11-22/h6-9,12-14H,3-5,10-11H2,1-2H3,(H,20,23)/t14-/m0/s1. The van der Waals surface area contributed by atoms with E-state index in [-0.39, 0.29) is 16.1 Å². The van der Waals surface area contributed by atoms with Crippen molar-refractivity contribution in [3.8, 4) is 0 Å². The second kappa shape index (κ2) is 8.45. The molecule has 1 aromatic heterocycles. The molecule has 146 valence electrons. The van der Waals surface area contributed by atoms with E-state index in [1.54, 1.807) is 31.3 Å². The maximum Gasteiger partial charge on any atom is 0.243 e. The predicted molar refractivity (Wildman–Crippen MR) is 106 cm³/mol. The van der Waals surface area contributed by atoms with Crippen LogP contribution in [0.25, 0.3) is 0 Å². The highest BCUT2D eigenvalue weighted by Gasteiger charge is 2.26. The number of thioether (sulfide) groups is 1. The molecule has 1 saturated heterocycles. The molecule has 1 aliphatic heterocycles. The molecule has 1 aliphatic rings. The lowest BCUT2D eigenvalue weighted by Crippen LogP contribution is -2.35. The van der Waals surface area contributed by atoms with Crippen LogP contribution in [0.2, 0.25) is 0 Å². The third kappa shape index (κ3) is 4.72. The van der Waals surface area contributed by atoms with E-state index in [1.807, 2.05) is 17.8 Å². The van der Waals surface area contributed by atoms with Gasteiger partial charge in [-0.2, -0.15) is 4.31 Å². The molecule has 1 fully saturated rings. The van der Waals surface area contributed by atoms with Crippen LogP contribution in [-0.2, 0) is 21.9 Å². The largest absolute Gasteiger partial charge is 0.329 e. The molecule has 7 nitrogen and oxygen atoms in total. The summed E-state index contributed by atoms with van der Waals surface area (Å²) >= 11 is 1.35. The number of carbonyl (C=O) groups is 1. The number of rotatable bonds is 6. The molecule has 3 rings (SSSR count). The first-order valence-corrected chi connectivity index (χ1v) is 11.2. The van der Waals surface area contributed by atoms with Crippen molar-refractivity contribution >= 4 is 33.4 Å². The van der Waals surface area contributed by atoms with Gasteiger partial charge in [0.25, 0.3) is 0 Å². The van der Waals surface area contributed by atoms with Gasteiger partial charge in [-0.05, 0) is 38.0 Å². The Balaban J connectivity index is 1.70. The van der Waals surface area contributed by atoms with Crippen LogP contribution in [0.3, 0.4) is 0 Å². The number of carbonyl (C=O) groups excluding carboxylic acids is 1. The van der Waals surface area contributed by atoms with Crippen LogP contribution in [0.4, 0.5) is 5.69 Å². The number of hydrogen-bond donors (Lipinski definition) is 1. The molecule has 1 amide bonds. The van der Waals surface area contributed by atoms with Crippen LogP contribution in [0.1, 0.15) is 26.2 Å². The van der Waals surface area contributed by atoms with Crippen LogP contribution >= 0.6 is 11.8 Å². The topological polar surface area (TPSA) is 84.3 Å². The van der Waals surface area contributed by atoms with E-state index in [2.05, 4.69) is 10.3 Å². The highest BCUT2D eigenvalue weighted by atomic mass is 32.2. The van der Waals surface area contributed by atoms with Crippen molar-refractivity contribution in [3.05, 3.63) is 36.7 Å². The number of anilines is 1. The van der Waals surface area contributed by atoms with Crippen molar-refractivity contribution in [2.45, 2.75) is 41.5 Å². The number of aryl methyl sites for hydroxylation is 1. The molecular weight excluding hydrogens is 384 g/mol. The fourth-order valence-electron chi connectivity index (χ4n) is 2.91. The zero-order chi connectivity index (χ0) is 19.4. The van der Waals surface area contributed by atoms with Crippen molar-refractivity contribution in [2.24, 2.45) is 7.05 Å². The Morgan fingerprint density at radius 3 is 2.67 bits per heavy atom. The SMILES string of the molecule is C[C@H](Sc1nccn1C)C(=O)Nc1cccc(S(=O)(=O)N2CCCCC2)c1. The van der Waals surface area contributed by atoms with Gasteiger partial charge in [0.15, 0.2) is 5.16 Å². The summed E-state index contributed by atoms with van der Waals surface area (Å²) in [5.74, 6) is -0.199. The van der Waals surface area contributed by atoms with Crippen LogP contribution in [0.15, 0.2) is 46.7 Å². The van der Waals surface area contributed by atoms with Gasteiger partial charge in [-0.15, -0.1) is 0 Å². The zero-order valence-electron chi connectivity index (χ0n) is 15.5. The average Bonchev–Trinajstić information content (AvgIpc) is 3.07. The Labute approximate surface area is 164 Å². The summed E-state index contributed by atoms with van der Waals surface area (Å²) in [6.45, 7) is 2.90. The molecular formula is C18H24N4O3S2. The van der Waals surface area contributed by atoms with Gasteiger partial charge in [-0.3, -0.25) is 4.79 Å². The second-order valence-electron chi connectivity index (χ2n) is 6.56. The van der Waals surface area contributed by atoms with Crippen molar-refractivity contribution < 1.29 is 13.2 Å². The molecule has 0 saturated carbocycles. The summed E-state index contributed by atoms with van der Waals surface area (Å²) < 4.78 is 29.0. The Hall–Kier alpha value is -1.84. The first kappa shape index (κ1) is 19.9. The van der Waals surface area contributed by atoms with E-state index in [1.165, 1.54) is 22.1 Å². The highest BCUT2D eigenvalue weighted by Crippen LogP contribution is 2.25. The average molecular weight is 409 g/mol. The summed E-state index contributed by atoms with van der Waals surface area (Å²) in [5, 5.41) is 3.19. The van der Waals surface area contributed by atoms with Crippen LogP contribution in [-0.4, -0.2) is 46.5 Å². The smallest absolute Gasteiger partial charge is 0.243 e. The van der Waals surface area contributed by atoms with Crippen molar-refractivity contribution in [3.63, 3.8) is 0 Å². The van der Waals surface area contributed by atoms with Crippen molar-refractivity contribution in [2.75, 3.05) is 18.4 Å². The minimum atomic E-state index is -3.52. The summed E-state index contributed by atoms with van der Waals surface area (Å²) in [6, 6.07) is 6.46. The molecule has 1 aromatic carbocycles. The quantitative estimate of drug-likeness (QED) is 0.743. The van der Waals surface area contributed by atoms with Gasteiger partial charge < -0.3 is 9.88 Å². The van der Waals surface area contributed by atoms with Crippen molar-refractivity contribution in [1.82, 2.24) is 13.9 Å². The molecule has 2 heterocycles. The van der Waals surface area contributed by atoms with Crippen molar-refractivity contribution in [1.29, 1.82) is 0 Å². The van der Waals surface area contributed by atoms with E-state index in [4.69, 9.17) is 0 Å². The number of nitrogens with zero attached hydrogens (tertiary/aromatic N) is 3. The number of amides is 1. The van der Waals surface area contributed by atoms with E-state index in [0.29, 0.717) is 18.8 Å². The first-order valence-electron chi connectivity index (χ1n) is 8.93. The monoisotopic (exact) mass is 408 g/mol. The first-order chi connectivity index (χ1) is 12.9. The van der Waals surface area contributed by atoms with E-state index in [0.717, 1.165) is 24.4 Å². The summed E-state index contributed by atoms with van der Waals surface area (Å²) in [4.78, 5) is 16.9. The number of aromatic nitrogens is 2. The molecule has 0 bridgehead atoms. The van der Waals surface area contributed by atoms with Gasteiger partial charge in [0, 0.05) is 38.2 Å². The van der Waals surface area contributed by atoms with Gasteiger partial charge in [-0.1, -0.05) is 24.2 Å². The molecule has 27 heavy (non-hydrogen) atoms. The molecule has 1 atom stereocenters. The maximum absolute atomic E-state index is 12.8. The van der Waals surface area contributed by atoms with Crippen LogP contribution in [0.5, 0.6) is 0 Å². The molecule has 0 radical (unpaired) electrons. The number of benzene rings is 1. The van der Waals surface area contributed by atoms with E-state index in [9.17, 15) is 13.2 Å².